The summed E-state index contributed by atoms with van der Waals surface area (Å²) in [6.07, 6.45) is 5.24. The van der Waals surface area contributed by atoms with Gasteiger partial charge in [0.2, 0.25) is 0 Å². The van der Waals surface area contributed by atoms with E-state index in [1.165, 1.54) is 0 Å². The molecule has 0 fully saturated rings. The number of aryl methyl sites for hydroxylation is 1. The van der Waals surface area contributed by atoms with Crippen LogP contribution in [0, 0.1) is 6.92 Å². The standard InChI is InChI=1S/C6H8N2/c1-3-8-5-7-4-6(8)2/h3-5H,1H2,2H3. The minimum Gasteiger partial charge on any atom is -0.311 e. The smallest absolute Gasteiger partial charge is 0.0988 e. The maximum atomic E-state index is 3.88. The van der Waals surface area contributed by atoms with E-state index in [1.54, 1.807) is 18.7 Å². The van der Waals surface area contributed by atoms with Crippen LogP contribution < -0.4 is 0 Å². The number of nitrogens with zero attached hydrogens (tertiary/aromatic N) is 2. The predicted octanol–water partition coefficient (Wildman–Crippen LogP) is 1.29. The molecule has 0 aromatic carbocycles. The van der Waals surface area contributed by atoms with Crippen LogP contribution in [-0.2, 0) is 0 Å². The molecule has 1 aromatic heterocycles. The van der Waals surface area contributed by atoms with Gasteiger partial charge in [0, 0.05) is 18.1 Å². The molecule has 1 rings (SSSR count). The van der Waals surface area contributed by atoms with E-state index < -0.39 is 0 Å². The van der Waals surface area contributed by atoms with Gasteiger partial charge in [0.25, 0.3) is 0 Å². The van der Waals surface area contributed by atoms with Gasteiger partial charge in [-0.15, -0.1) is 0 Å². The van der Waals surface area contributed by atoms with E-state index in [2.05, 4.69) is 11.6 Å². The number of rotatable bonds is 1. The van der Waals surface area contributed by atoms with Gasteiger partial charge in [0.1, 0.15) is 0 Å². The Morgan fingerprint density at radius 3 is 2.88 bits per heavy atom. The van der Waals surface area contributed by atoms with Gasteiger partial charge < -0.3 is 4.57 Å². The van der Waals surface area contributed by atoms with Crippen molar-refractivity contribution in [3.8, 4) is 0 Å². The van der Waals surface area contributed by atoms with Crippen molar-refractivity contribution < 1.29 is 0 Å². The van der Waals surface area contributed by atoms with Crippen molar-refractivity contribution in [3.63, 3.8) is 0 Å². The minimum absolute atomic E-state index is 1.11. The molecule has 0 atom stereocenters. The van der Waals surface area contributed by atoms with Crippen LogP contribution in [0.4, 0.5) is 0 Å². The highest BCUT2D eigenvalue weighted by atomic mass is 15.0. The Kier molecular flexibility index (Phi) is 1.16. The SMILES string of the molecule is C=Cn1cncc1C. The minimum atomic E-state index is 1.11. The fourth-order valence-corrected chi connectivity index (χ4v) is 0.562. The molecule has 0 aliphatic heterocycles. The second-order valence-corrected chi connectivity index (χ2v) is 1.62. The summed E-state index contributed by atoms with van der Waals surface area (Å²) in [7, 11) is 0. The van der Waals surface area contributed by atoms with Crippen LogP contribution in [0.25, 0.3) is 6.20 Å². The first-order valence-corrected chi connectivity index (χ1v) is 2.45. The number of hydrogen-bond acceptors (Lipinski definition) is 1. The van der Waals surface area contributed by atoms with E-state index in [4.69, 9.17) is 0 Å². The largest absolute Gasteiger partial charge is 0.311 e. The quantitative estimate of drug-likeness (QED) is 0.530. The van der Waals surface area contributed by atoms with Crippen molar-refractivity contribution in [3.05, 3.63) is 24.8 Å². The molecule has 0 amide bonds. The maximum absolute atomic E-state index is 3.88. The summed E-state index contributed by atoms with van der Waals surface area (Å²) in [6.45, 7) is 5.57. The molecule has 0 aliphatic rings. The van der Waals surface area contributed by atoms with Gasteiger partial charge in [0.15, 0.2) is 0 Å². The Labute approximate surface area is 48.5 Å². The van der Waals surface area contributed by atoms with Crippen LogP contribution in [0.5, 0.6) is 0 Å². The number of imidazole rings is 1. The van der Waals surface area contributed by atoms with E-state index in [1.807, 2.05) is 11.5 Å². The maximum Gasteiger partial charge on any atom is 0.0988 e. The highest BCUT2D eigenvalue weighted by Gasteiger charge is 1.86. The molecule has 2 heteroatoms. The molecule has 1 aromatic rings. The molecule has 1 heterocycles. The molecular weight excluding hydrogens is 100 g/mol. The molecule has 0 bridgehead atoms. The summed E-state index contributed by atoms with van der Waals surface area (Å²) < 4.78 is 1.86. The molecule has 0 saturated carbocycles. The molecule has 0 N–H and O–H groups in total. The fourth-order valence-electron chi connectivity index (χ4n) is 0.562. The average molecular weight is 108 g/mol. The van der Waals surface area contributed by atoms with Gasteiger partial charge in [-0.2, -0.15) is 0 Å². The van der Waals surface area contributed by atoms with Gasteiger partial charge in [0.05, 0.1) is 6.33 Å². The Morgan fingerprint density at radius 1 is 1.88 bits per heavy atom. The Hall–Kier alpha value is -1.05. The van der Waals surface area contributed by atoms with E-state index >= 15 is 0 Å². The van der Waals surface area contributed by atoms with Crippen LogP contribution >= 0.6 is 0 Å². The van der Waals surface area contributed by atoms with Crippen molar-refractivity contribution in [2.75, 3.05) is 0 Å². The molecule has 2 nitrogen and oxygen atoms in total. The topological polar surface area (TPSA) is 17.8 Å². The van der Waals surface area contributed by atoms with Crippen LogP contribution in [0.15, 0.2) is 19.1 Å². The lowest BCUT2D eigenvalue weighted by molar-refractivity contribution is 1.08. The molecule has 42 valence electrons. The summed E-state index contributed by atoms with van der Waals surface area (Å²) in [4.78, 5) is 3.88. The van der Waals surface area contributed by atoms with Gasteiger partial charge in [-0.3, -0.25) is 0 Å². The molecule has 0 aliphatic carbocycles. The highest BCUT2D eigenvalue weighted by molar-refractivity contribution is 5.19. The van der Waals surface area contributed by atoms with E-state index in [0.29, 0.717) is 0 Å². The van der Waals surface area contributed by atoms with Crippen molar-refractivity contribution >= 4 is 6.20 Å². The molecule has 8 heavy (non-hydrogen) atoms. The summed E-state index contributed by atoms with van der Waals surface area (Å²) in [5.74, 6) is 0. The summed E-state index contributed by atoms with van der Waals surface area (Å²) in [5, 5.41) is 0. The first kappa shape index (κ1) is 5.09. The zero-order chi connectivity index (χ0) is 5.98. The summed E-state index contributed by atoms with van der Waals surface area (Å²) in [6, 6.07) is 0. The van der Waals surface area contributed by atoms with Crippen molar-refractivity contribution in [2.45, 2.75) is 6.92 Å². The van der Waals surface area contributed by atoms with E-state index in [0.717, 1.165) is 5.69 Å². The molecular formula is C6H8N2. The third-order valence-electron chi connectivity index (χ3n) is 1.06. The predicted molar refractivity (Wildman–Crippen MR) is 33.4 cm³/mol. The number of aromatic nitrogens is 2. The molecule has 0 unspecified atom stereocenters. The van der Waals surface area contributed by atoms with E-state index in [9.17, 15) is 0 Å². The zero-order valence-electron chi connectivity index (χ0n) is 4.83. The first-order valence-electron chi connectivity index (χ1n) is 2.45. The second kappa shape index (κ2) is 1.82. The van der Waals surface area contributed by atoms with Gasteiger partial charge in [-0.1, -0.05) is 6.58 Å². The normalized spacial score (nSPS) is 9.12. The lowest BCUT2D eigenvalue weighted by Gasteiger charge is -1.90. The Bertz CT molecular complexity index is 188. The monoisotopic (exact) mass is 108 g/mol. The number of hydrogen-bond donors (Lipinski definition) is 0. The lowest BCUT2D eigenvalue weighted by Crippen LogP contribution is -1.82. The van der Waals surface area contributed by atoms with Crippen molar-refractivity contribution in [1.82, 2.24) is 9.55 Å². The molecule has 0 spiro atoms. The second-order valence-electron chi connectivity index (χ2n) is 1.62. The summed E-state index contributed by atoms with van der Waals surface area (Å²) in [5.41, 5.74) is 1.11. The van der Waals surface area contributed by atoms with Crippen molar-refractivity contribution in [2.24, 2.45) is 0 Å². The fraction of sp³-hybridized carbons (Fsp3) is 0.167. The van der Waals surface area contributed by atoms with Crippen LogP contribution in [0.2, 0.25) is 0 Å². The molecule has 0 saturated heterocycles. The lowest BCUT2D eigenvalue weighted by atomic mass is 10.5. The summed E-state index contributed by atoms with van der Waals surface area (Å²) >= 11 is 0. The van der Waals surface area contributed by atoms with Crippen LogP contribution in [0.3, 0.4) is 0 Å². The first-order chi connectivity index (χ1) is 3.84. The van der Waals surface area contributed by atoms with E-state index in [-0.39, 0.29) is 0 Å². The highest BCUT2D eigenvalue weighted by Crippen LogP contribution is 1.93. The van der Waals surface area contributed by atoms with Gasteiger partial charge in [-0.25, -0.2) is 4.98 Å². The molecule has 0 radical (unpaired) electrons. The van der Waals surface area contributed by atoms with Gasteiger partial charge >= 0.3 is 0 Å². The third kappa shape index (κ3) is 0.644. The van der Waals surface area contributed by atoms with Crippen LogP contribution in [-0.4, -0.2) is 9.55 Å². The zero-order valence-corrected chi connectivity index (χ0v) is 4.83. The van der Waals surface area contributed by atoms with Crippen LogP contribution in [0.1, 0.15) is 5.69 Å². The van der Waals surface area contributed by atoms with Crippen molar-refractivity contribution in [1.29, 1.82) is 0 Å². The Balaban J connectivity index is 3.09. The van der Waals surface area contributed by atoms with Gasteiger partial charge in [-0.05, 0) is 6.92 Å². The average Bonchev–Trinajstić information content (AvgIpc) is 2.14. The Morgan fingerprint density at radius 2 is 2.62 bits per heavy atom. The third-order valence-corrected chi connectivity index (χ3v) is 1.06.